The molecule has 8 heteroatoms. The average Bonchev–Trinajstić information content (AvgIpc) is 2.87. The Hall–Kier alpha value is -0.430. The van der Waals surface area contributed by atoms with Gasteiger partial charge in [0.05, 0.1) is 30.1 Å². The molecule has 0 radical (unpaired) electrons. The normalized spacial score (nSPS) is 16.6. The van der Waals surface area contributed by atoms with Crippen LogP contribution in [-0.2, 0) is 14.8 Å². The van der Waals surface area contributed by atoms with Gasteiger partial charge in [-0.3, -0.25) is 4.90 Å². The Bertz CT molecular complexity index is 598. The highest BCUT2D eigenvalue weighted by Gasteiger charge is 2.15. The number of hydrogen-bond acceptors (Lipinski definition) is 5. The standard InChI is InChI=1S/C12H15BrN2O3S2/c13-11-3-4-12(19-11)20(16,17)14-5-1-2-6-15-7-9-18-10-8-15/h3-4,14H,5-10H2. The number of hydrogen-bond donors (Lipinski definition) is 1. The molecule has 20 heavy (non-hydrogen) atoms. The van der Waals surface area contributed by atoms with Crippen molar-refractivity contribution in [2.75, 3.05) is 39.4 Å². The summed E-state index contributed by atoms with van der Waals surface area (Å²) >= 11 is 4.42. The Morgan fingerprint density at radius 3 is 2.75 bits per heavy atom. The maximum absolute atomic E-state index is 11.9. The summed E-state index contributed by atoms with van der Waals surface area (Å²) in [5.41, 5.74) is 0. The van der Waals surface area contributed by atoms with Crippen LogP contribution in [0.4, 0.5) is 0 Å². The average molecular weight is 379 g/mol. The molecule has 0 aliphatic carbocycles. The SMILES string of the molecule is O=S(=O)(NCC#CCN1CCOCC1)c1ccc(Br)s1. The van der Waals surface area contributed by atoms with E-state index in [1.165, 1.54) is 11.3 Å². The molecule has 0 saturated carbocycles. The second kappa shape index (κ2) is 7.54. The first-order chi connectivity index (χ1) is 9.58. The number of nitrogens with one attached hydrogen (secondary N) is 1. The highest BCUT2D eigenvalue weighted by molar-refractivity contribution is 9.11. The van der Waals surface area contributed by atoms with Gasteiger partial charge < -0.3 is 4.74 Å². The molecular weight excluding hydrogens is 364 g/mol. The van der Waals surface area contributed by atoms with Crippen LogP contribution in [0, 0.1) is 11.8 Å². The maximum Gasteiger partial charge on any atom is 0.250 e. The summed E-state index contributed by atoms with van der Waals surface area (Å²) in [5, 5.41) is 0. The Morgan fingerprint density at radius 1 is 1.35 bits per heavy atom. The maximum atomic E-state index is 11.9. The minimum absolute atomic E-state index is 0.127. The smallest absolute Gasteiger partial charge is 0.250 e. The van der Waals surface area contributed by atoms with Crippen LogP contribution in [0.3, 0.4) is 0 Å². The Balaban J connectivity index is 1.78. The molecule has 1 fully saturated rings. The predicted molar refractivity (Wildman–Crippen MR) is 82.2 cm³/mol. The summed E-state index contributed by atoms with van der Waals surface area (Å²) in [6.07, 6.45) is 0. The van der Waals surface area contributed by atoms with Crippen LogP contribution < -0.4 is 4.72 Å². The van der Waals surface area contributed by atoms with Gasteiger partial charge in [-0.2, -0.15) is 4.72 Å². The van der Waals surface area contributed by atoms with Crippen LogP contribution in [0.1, 0.15) is 0 Å². The fraction of sp³-hybridized carbons (Fsp3) is 0.500. The molecule has 5 nitrogen and oxygen atoms in total. The molecule has 1 aromatic heterocycles. The van der Waals surface area contributed by atoms with Gasteiger partial charge >= 0.3 is 0 Å². The van der Waals surface area contributed by atoms with Crippen molar-refractivity contribution >= 4 is 37.3 Å². The molecule has 1 N–H and O–H groups in total. The van der Waals surface area contributed by atoms with E-state index in [2.05, 4.69) is 37.4 Å². The lowest BCUT2D eigenvalue weighted by atomic mass is 10.4. The van der Waals surface area contributed by atoms with Crippen LogP contribution in [0.2, 0.25) is 0 Å². The molecule has 1 aliphatic rings. The van der Waals surface area contributed by atoms with E-state index >= 15 is 0 Å². The van der Waals surface area contributed by atoms with E-state index in [-0.39, 0.29) is 6.54 Å². The van der Waals surface area contributed by atoms with Gasteiger partial charge in [-0.05, 0) is 28.1 Å². The van der Waals surface area contributed by atoms with Crippen molar-refractivity contribution in [2.45, 2.75) is 4.21 Å². The van der Waals surface area contributed by atoms with Gasteiger partial charge in [0.2, 0.25) is 0 Å². The first kappa shape index (κ1) is 15.9. The number of ether oxygens (including phenoxy) is 1. The van der Waals surface area contributed by atoms with E-state index in [4.69, 9.17) is 4.74 Å². The lowest BCUT2D eigenvalue weighted by molar-refractivity contribution is 0.0443. The van der Waals surface area contributed by atoms with E-state index in [1.54, 1.807) is 12.1 Å². The van der Waals surface area contributed by atoms with Crippen molar-refractivity contribution in [3.8, 4) is 11.8 Å². The number of rotatable bonds is 4. The zero-order valence-corrected chi connectivity index (χ0v) is 14.0. The molecule has 1 aliphatic heterocycles. The summed E-state index contributed by atoms with van der Waals surface area (Å²) < 4.78 is 32.6. The van der Waals surface area contributed by atoms with Gasteiger partial charge in [-0.15, -0.1) is 11.3 Å². The van der Waals surface area contributed by atoms with Crippen LogP contribution in [0.5, 0.6) is 0 Å². The highest BCUT2D eigenvalue weighted by Crippen LogP contribution is 2.25. The van der Waals surface area contributed by atoms with E-state index in [0.717, 1.165) is 30.1 Å². The second-order valence-corrected chi connectivity index (χ2v) is 8.58. The van der Waals surface area contributed by atoms with Crippen molar-refractivity contribution in [3.63, 3.8) is 0 Å². The molecule has 1 aromatic rings. The Morgan fingerprint density at radius 2 is 2.10 bits per heavy atom. The lowest BCUT2D eigenvalue weighted by Crippen LogP contribution is -2.36. The Labute approximate surface area is 131 Å². The van der Waals surface area contributed by atoms with Gasteiger partial charge in [0.1, 0.15) is 4.21 Å². The molecule has 0 amide bonds. The van der Waals surface area contributed by atoms with E-state index in [0.29, 0.717) is 10.8 Å². The molecule has 2 heterocycles. The molecule has 0 atom stereocenters. The van der Waals surface area contributed by atoms with E-state index < -0.39 is 10.0 Å². The quantitative estimate of drug-likeness (QED) is 0.797. The lowest BCUT2D eigenvalue weighted by Gasteiger charge is -2.24. The van der Waals surface area contributed by atoms with Crippen molar-refractivity contribution in [1.29, 1.82) is 0 Å². The summed E-state index contributed by atoms with van der Waals surface area (Å²) in [4.78, 5) is 2.18. The number of halogens is 1. The molecule has 0 spiro atoms. The first-order valence-corrected chi connectivity index (χ1v) is 9.18. The van der Waals surface area contributed by atoms with Crippen LogP contribution in [-0.4, -0.2) is 52.7 Å². The number of thiophene rings is 1. The highest BCUT2D eigenvalue weighted by atomic mass is 79.9. The largest absolute Gasteiger partial charge is 0.379 e. The molecule has 0 aromatic carbocycles. The van der Waals surface area contributed by atoms with Crippen molar-refractivity contribution in [2.24, 2.45) is 0 Å². The number of sulfonamides is 1. The summed E-state index contributed by atoms with van der Waals surface area (Å²) in [6.45, 7) is 4.01. The first-order valence-electron chi connectivity index (χ1n) is 6.09. The van der Waals surface area contributed by atoms with Gasteiger partial charge in [0.25, 0.3) is 10.0 Å². The minimum Gasteiger partial charge on any atom is -0.379 e. The molecule has 0 bridgehead atoms. The van der Waals surface area contributed by atoms with Gasteiger partial charge in [0.15, 0.2) is 0 Å². The topological polar surface area (TPSA) is 58.6 Å². The molecule has 110 valence electrons. The fourth-order valence-electron chi connectivity index (χ4n) is 1.63. The van der Waals surface area contributed by atoms with Crippen LogP contribution >= 0.6 is 27.3 Å². The fourth-order valence-corrected chi connectivity index (χ4v) is 4.61. The van der Waals surface area contributed by atoms with Gasteiger partial charge in [0, 0.05) is 13.1 Å². The Kier molecular flexibility index (Phi) is 6.01. The molecular formula is C12H15BrN2O3S2. The molecule has 0 unspecified atom stereocenters. The third-order valence-corrected chi connectivity index (χ3v) is 6.21. The van der Waals surface area contributed by atoms with E-state index in [9.17, 15) is 8.42 Å². The number of morpholine rings is 1. The van der Waals surface area contributed by atoms with Gasteiger partial charge in [-0.1, -0.05) is 11.8 Å². The second-order valence-electron chi connectivity index (χ2n) is 4.13. The molecule has 1 saturated heterocycles. The van der Waals surface area contributed by atoms with Crippen LogP contribution in [0.25, 0.3) is 0 Å². The zero-order valence-electron chi connectivity index (χ0n) is 10.8. The molecule has 2 rings (SSSR count). The summed E-state index contributed by atoms with van der Waals surface area (Å²) in [6, 6.07) is 3.28. The number of nitrogens with zero attached hydrogens (tertiary/aromatic N) is 1. The van der Waals surface area contributed by atoms with Crippen LogP contribution in [0.15, 0.2) is 20.1 Å². The van der Waals surface area contributed by atoms with Crippen molar-refractivity contribution < 1.29 is 13.2 Å². The monoisotopic (exact) mass is 378 g/mol. The van der Waals surface area contributed by atoms with Gasteiger partial charge in [-0.25, -0.2) is 8.42 Å². The summed E-state index contributed by atoms with van der Waals surface area (Å²) in [5.74, 6) is 5.81. The van der Waals surface area contributed by atoms with Crippen molar-refractivity contribution in [1.82, 2.24) is 9.62 Å². The third kappa shape index (κ3) is 4.84. The zero-order chi connectivity index (χ0) is 14.4. The predicted octanol–water partition coefficient (Wildman–Crippen LogP) is 1.12. The third-order valence-electron chi connectivity index (χ3n) is 2.70. The van der Waals surface area contributed by atoms with Crippen molar-refractivity contribution in [3.05, 3.63) is 15.9 Å². The summed E-state index contributed by atoms with van der Waals surface area (Å²) in [7, 11) is -3.44. The van der Waals surface area contributed by atoms with E-state index in [1.807, 2.05) is 0 Å². The minimum atomic E-state index is -3.44.